The van der Waals surface area contributed by atoms with Crippen molar-refractivity contribution >= 4 is 29.9 Å². The van der Waals surface area contributed by atoms with Gasteiger partial charge in [0, 0.05) is 45.9 Å². The number of halogens is 1. The maximum Gasteiger partial charge on any atom is 0.193 e. The number of guanidine groups is 1. The van der Waals surface area contributed by atoms with Crippen molar-refractivity contribution in [3.05, 3.63) is 47.8 Å². The van der Waals surface area contributed by atoms with Gasteiger partial charge in [-0.3, -0.25) is 4.99 Å². The van der Waals surface area contributed by atoms with Crippen molar-refractivity contribution in [2.24, 2.45) is 10.9 Å². The molecule has 1 aromatic heterocycles. The van der Waals surface area contributed by atoms with Gasteiger partial charge in [-0.25, -0.2) is 4.68 Å². The number of benzene rings is 1. The number of hydrogen-bond donors (Lipinski definition) is 1. The summed E-state index contributed by atoms with van der Waals surface area (Å²) in [6.07, 6.45) is 5.33. The van der Waals surface area contributed by atoms with Gasteiger partial charge in [0.05, 0.1) is 18.0 Å². The molecule has 1 unspecified atom stereocenters. The summed E-state index contributed by atoms with van der Waals surface area (Å²) < 4.78 is 7.44. The highest BCUT2D eigenvalue weighted by atomic mass is 127. The summed E-state index contributed by atoms with van der Waals surface area (Å²) in [6.45, 7) is 5.72. The van der Waals surface area contributed by atoms with E-state index in [1.807, 2.05) is 29.9 Å². The molecule has 0 amide bonds. The Hall–Kier alpha value is -1.61. The third kappa shape index (κ3) is 6.20. The van der Waals surface area contributed by atoms with Crippen LogP contribution in [0.1, 0.15) is 24.1 Å². The molecular weight excluding hydrogens is 465 g/mol. The zero-order valence-corrected chi connectivity index (χ0v) is 19.4. The number of hydrogen-bond acceptors (Lipinski definition) is 3. The summed E-state index contributed by atoms with van der Waals surface area (Å²) in [6, 6.07) is 10.3. The molecule has 1 aliphatic rings. The predicted octanol–water partition coefficient (Wildman–Crippen LogP) is 3.28. The average molecular weight is 497 g/mol. The SMILES string of the molecule is CN=C(NCCCc1cn(-c2ccccc2)nc1C)N(C)CC1CCOC1.I. The van der Waals surface area contributed by atoms with E-state index in [0.29, 0.717) is 5.92 Å². The first-order chi connectivity index (χ1) is 13.2. The van der Waals surface area contributed by atoms with E-state index in [1.54, 1.807) is 0 Å². The molecule has 1 saturated heterocycles. The first kappa shape index (κ1) is 22.7. The molecule has 1 fully saturated rings. The van der Waals surface area contributed by atoms with Gasteiger partial charge in [-0.1, -0.05) is 18.2 Å². The highest BCUT2D eigenvalue weighted by molar-refractivity contribution is 14.0. The standard InChI is InChI=1S/C21H31N5O.HI/c1-17-19(15-26(24-17)20-9-5-4-6-10-20)8-7-12-23-21(22-2)25(3)14-18-11-13-27-16-18;/h4-6,9-10,15,18H,7-8,11-14,16H2,1-3H3,(H,22,23);1H. The van der Waals surface area contributed by atoms with E-state index < -0.39 is 0 Å². The number of ether oxygens (including phenoxy) is 1. The minimum absolute atomic E-state index is 0. The summed E-state index contributed by atoms with van der Waals surface area (Å²) >= 11 is 0. The first-order valence-corrected chi connectivity index (χ1v) is 9.77. The van der Waals surface area contributed by atoms with Gasteiger partial charge in [0.15, 0.2) is 5.96 Å². The van der Waals surface area contributed by atoms with Crippen molar-refractivity contribution in [3.63, 3.8) is 0 Å². The molecule has 0 radical (unpaired) electrons. The Balaban J connectivity index is 0.00000280. The molecule has 0 aliphatic carbocycles. The van der Waals surface area contributed by atoms with Crippen LogP contribution in [-0.2, 0) is 11.2 Å². The van der Waals surface area contributed by atoms with Crippen molar-refractivity contribution < 1.29 is 4.74 Å². The molecule has 0 spiro atoms. The van der Waals surface area contributed by atoms with Gasteiger partial charge in [0.2, 0.25) is 0 Å². The fraction of sp³-hybridized carbons (Fsp3) is 0.524. The molecule has 6 nitrogen and oxygen atoms in total. The summed E-state index contributed by atoms with van der Waals surface area (Å²) in [5, 5.41) is 8.13. The van der Waals surface area contributed by atoms with Crippen LogP contribution in [0.25, 0.3) is 5.69 Å². The first-order valence-electron chi connectivity index (χ1n) is 9.77. The largest absolute Gasteiger partial charge is 0.381 e. The molecule has 1 N–H and O–H groups in total. The number of para-hydroxylation sites is 1. The second-order valence-corrected chi connectivity index (χ2v) is 7.21. The maximum atomic E-state index is 5.47. The molecule has 2 aromatic rings. The number of nitrogens with one attached hydrogen (secondary N) is 1. The Morgan fingerprint density at radius 1 is 1.36 bits per heavy atom. The Morgan fingerprint density at radius 3 is 2.82 bits per heavy atom. The molecule has 154 valence electrons. The molecule has 2 heterocycles. The van der Waals surface area contributed by atoms with Gasteiger partial charge in [-0.15, -0.1) is 24.0 Å². The lowest BCUT2D eigenvalue weighted by atomic mass is 10.1. The van der Waals surface area contributed by atoms with Crippen LogP contribution < -0.4 is 5.32 Å². The summed E-state index contributed by atoms with van der Waals surface area (Å²) in [5.41, 5.74) is 3.50. The molecule has 0 bridgehead atoms. The summed E-state index contributed by atoms with van der Waals surface area (Å²) in [5.74, 6) is 1.57. The molecule has 28 heavy (non-hydrogen) atoms. The number of aliphatic imine (C=N–C) groups is 1. The lowest BCUT2D eigenvalue weighted by Gasteiger charge is -2.24. The van der Waals surface area contributed by atoms with Crippen LogP contribution in [0.3, 0.4) is 0 Å². The smallest absolute Gasteiger partial charge is 0.193 e. The molecule has 1 atom stereocenters. The lowest BCUT2D eigenvalue weighted by molar-refractivity contribution is 0.181. The normalized spacial score (nSPS) is 16.7. The Kier molecular flexibility index (Phi) is 9.24. The Bertz CT molecular complexity index is 741. The quantitative estimate of drug-likeness (QED) is 0.276. The van der Waals surface area contributed by atoms with Crippen molar-refractivity contribution in [2.45, 2.75) is 26.2 Å². The van der Waals surface area contributed by atoms with E-state index in [2.05, 4.69) is 52.6 Å². The Morgan fingerprint density at radius 2 is 2.14 bits per heavy atom. The summed E-state index contributed by atoms with van der Waals surface area (Å²) in [4.78, 5) is 6.62. The van der Waals surface area contributed by atoms with Crippen LogP contribution in [0.2, 0.25) is 0 Å². The van der Waals surface area contributed by atoms with Gasteiger partial charge >= 0.3 is 0 Å². The zero-order chi connectivity index (χ0) is 19.1. The maximum absolute atomic E-state index is 5.47. The number of aryl methyl sites for hydroxylation is 2. The predicted molar refractivity (Wildman–Crippen MR) is 125 cm³/mol. The highest BCUT2D eigenvalue weighted by Gasteiger charge is 2.18. The van der Waals surface area contributed by atoms with E-state index in [4.69, 9.17) is 4.74 Å². The van der Waals surface area contributed by atoms with E-state index in [-0.39, 0.29) is 24.0 Å². The molecule has 3 rings (SSSR count). The van der Waals surface area contributed by atoms with E-state index in [1.165, 1.54) is 5.56 Å². The van der Waals surface area contributed by atoms with Gasteiger partial charge < -0.3 is 15.0 Å². The van der Waals surface area contributed by atoms with E-state index in [9.17, 15) is 0 Å². The highest BCUT2D eigenvalue weighted by Crippen LogP contribution is 2.14. The number of nitrogens with zero attached hydrogens (tertiary/aromatic N) is 4. The van der Waals surface area contributed by atoms with Crippen LogP contribution in [-0.4, -0.2) is 61.0 Å². The van der Waals surface area contributed by atoms with Crippen molar-refractivity contribution in [2.75, 3.05) is 40.4 Å². The second kappa shape index (κ2) is 11.4. The third-order valence-corrected chi connectivity index (χ3v) is 5.06. The molecule has 1 aromatic carbocycles. The molecule has 1 aliphatic heterocycles. The van der Waals surface area contributed by atoms with Crippen molar-refractivity contribution in [3.8, 4) is 5.69 Å². The van der Waals surface area contributed by atoms with Gasteiger partial charge in [-0.2, -0.15) is 5.10 Å². The third-order valence-electron chi connectivity index (χ3n) is 5.06. The minimum atomic E-state index is 0. The molecule has 7 heteroatoms. The fourth-order valence-electron chi connectivity index (χ4n) is 3.52. The van der Waals surface area contributed by atoms with E-state index in [0.717, 1.165) is 62.9 Å². The topological polar surface area (TPSA) is 54.7 Å². The van der Waals surface area contributed by atoms with Gasteiger partial charge in [0.1, 0.15) is 0 Å². The fourth-order valence-corrected chi connectivity index (χ4v) is 3.52. The van der Waals surface area contributed by atoms with Crippen LogP contribution in [0.5, 0.6) is 0 Å². The van der Waals surface area contributed by atoms with Crippen molar-refractivity contribution in [1.29, 1.82) is 0 Å². The van der Waals surface area contributed by atoms with Crippen LogP contribution in [0, 0.1) is 12.8 Å². The monoisotopic (exact) mass is 497 g/mol. The second-order valence-electron chi connectivity index (χ2n) is 7.21. The van der Waals surface area contributed by atoms with Gasteiger partial charge in [0.25, 0.3) is 0 Å². The number of rotatable bonds is 7. The van der Waals surface area contributed by atoms with Crippen LogP contribution >= 0.6 is 24.0 Å². The average Bonchev–Trinajstić information content (AvgIpc) is 3.32. The van der Waals surface area contributed by atoms with Gasteiger partial charge in [-0.05, 0) is 43.9 Å². The van der Waals surface area contributed by atoms with Crippen molar-refractivity contribution in [1.82, 2.24) is 20.0 Å². The minimum Gasteiger partial charge on any atom is -0.381 e. The van der Waals surface area contributed by atoms with Crippen LogP contribution in [0.4, 0.5) is 0 Å². The van der Waals surface area contributed by atoms with E-state index >= 15 is 0 Å². The molecular formula is C21H32IN5O. The summed E-state index contributed by atoms with van der Waals surface area (Å²) in [7, 11) is 3.94. The lowest BCUT2D eigenvalue weighted by Crippen LogP contribution is -2.41. The Labute approximate surface area is 185 Å². The number of aromatic nitrogens is 2. The van der Waals surface area contributed by atoms with Crippen LogP contribution in [0.15, 0.2) is 41.5 Å². The molecule has 0 saturated carbocycles. The zero-order valence-electron chi connectivity index (χ0n) is 17.1.